The molecule has 0 saturated carbocycles. The van der Waals surface area contributed by atoms with Gasteiger partial charge in [-0.3, -0.25) is 0 Å². The third-order valence-electron chi connectivity index (χ3n) is 17.0. The monoisotopic (exact) mass is 1000 g/mol. The fourth-order valence-electron chi connectivity index (χ4n) is 12.9. The third-order valence-corrected chi connectivity index (χ3v) is 17.0. The van der Waals surface area contributed by atoms with Crippen molar-refractivity contribution in [2.45, 2.75) is 182 Å². The molecule has 0 N–H and O–H groups in total. The molecule has 9 aromatic rings. The first-order chi connectivity index (χ1) is 36.8. The number of benzene rings is 7. The minimum Gasteiger partial charge on any atom is -0.312 e. The van der Waals surface area contributed by atoms with Crippen LogP contribution in [-0.2, 0) is 35.5 Å². The molecule has 0 bridgehead atoms. The summed E-state index contributed by atoms with van der Waals surface area (Å²) < 4.78 is 5.27. The molecule has 0 fully saturated rings. The lowest BCUT2D eigenvalue weighted by Gasteiger charge is -2.36. The number of aromatic nitrogens is 2. The van der Waals surface area contributed by atoms with E-state index in [9.17, 15) is 0 Å². The summed E-state index contributed by atoms with van der Waals surface area (Å²) in [5.74, 6) is 0. The molecule has 0 saturated heterocycles. The van der Waals surface area contributed by atoms with Gasteiger partial charge in [-0.2, -0.15) is 0 Å². The highest BCUT2D eigenvalue weighted by Crippen LogP contribution is 2.60. The van der Waals surface area contributed by atoms with Crippen molar-refractivity contribution < 1.29 is 0 Å². The Morgan fingerprint density at radius 1 is 0.408 bits per heavy atom. The molecule has 0 radical (unpaired) electrons. The Morgan fingerprint density at radius 3 is 1.45 bits per heavy atom. The molecule has 7 aromatic carbocycles. The van der Waals surface area contributed by atoms with Crippen molar-refractivity contribution in [2.24, 2.45) is 0 Å². The molecule has 1 atom stereocenters. The summed E-state index contributed by atoms with van der Waals surface area (Å²) in [5.41, 5.74) is 23.1. The largest absolute Gasteiger partial charge is 0.312 e. The highest BCUT2D eigenvalue weighted by atomic mass is 15.1. The van der Waals surface area contributed by atoms with Crippen LogP contribution in [-0.4, -0.2) is 9.13 Å². The number of fused-ring (bicyclic) bond motifs is 5. The number of rotatable bonds is 20. The van der Waals surface area contributed by atoms with Gasteiger partial charge in [-0.25, -0.2) is 0 Å². The maximum Gasteiger partial charge on any atom is 0.102 e. The van der Waals surface area contributed by atoms with E-state index < -0.39 is 5.41 Å². The Hall–Kier alpha value is -6.38. The predicted octanol–water partition coefficient (Wildman–Crippen LogP) is 20.9. The van der Waals surface area contributed by atoms with Crippen LogP contribution in [0.3, 0.4) is 0 Å². The summed E-state index contributed by atoms with van der Waals surface area (Å²) in [6.45, 7) is 23.6. The highest BCUT2D eigenvalue weighted by Gasteiger charge is 2.51. The molecular formula is C74H86N2. The average Bonchev–Trinajstić information content (AvgIpc) is 4.22. The van der Waals surface area contributed by atoms with Gasteiger partial charge in [0.1, 0.15) is 5.41 Å². The maximum atomic E-state index is 2.67. The lowest BCUT2D eigenvalue weighted by atomic mass is 9.70. The zero-order valence-electron chi connectivity index (χ0n) is 48.0. The van der Waals surface area contributed by atoms with E-state index in [1.165, 1.54) is 188 Å². The summed E-state index contributed by atoms with van der Waals surface area (Å²) in [7, 11) is 0. The summed E-state index contributed by atoms with van der Waals surface area (Å²) in [6.07, 6.45) is 18.3. The van der Waals surface area contributed by atoms with Gasteiger partial charge in [-0.15, -0.1) is 0 Å². The summed E-state index contributed by atoms with van der Waals surface area (Å²) in [4.78, 5) is 0. The van der Waals surface area contributed by atoms with Gasteiger partial charge >= 0.3 is 0 Å². The first-order valence-electron chi connectivity index (χ1n) is 29.6. The molecule has 10 rings (SSSR count). The SMILES string of the molecule is CCCCCCc1ccc(-n2c(C3(c4cc5ccccc5n4-c4ccc(C)cc4)c4cc(-c5cc(CCCCCC)c(C(C)(C)C)cc5CCCCCC)ccc4-c4ccc(C(C)(C)C)cc43)cc3ccccc32)cc1. The average molecular weight is 1000 g/mol. The maximum absolute atomic E-state index is 2.67. The van der Waals surface area contributed by atoms with Gasteiger partial charge in [-0.1, -0.05) is 229 Å². The standard InChI is InChI=1S/C74H86N2/c1-11-14-17-20-27-53-36-42-61(43-37-53)76-69-33-26-24-31-58(69)50-71(76)74(70-49-57-30-23-25-32-68(57)75(70)60-40-34-52(4)35-41-60)66-48-55(38-44-62(66)63-45-39-59(51-67(63)74)72(5,6)7)64-46-56(29-22-19-16-13-3)65(73(8,9)10)47-54(64)28-21-18-15-12-2/h23-26,30-51H,11-22,27-29H2,1-10H3. The van der Waals surface area contributed by atoms with E-state index in [0.29, 0.717) is 0 Å². The number of hydrogen-bond donors (Lipinski definition) is 0. The van der Waals surface area contributed by atoms with Crippen molar-refractivity contribution in [1.82, 2.24) is 9.13 Å². The van der Waals surface area contributed by atoms with Crippen LogP contribution >= 0.6 is 0 Å². The molecule has 1 aliphatic rings. The Morgan fingerprint density at radius 2 is 0.908 bits per heavy atom. The molecule has 2 aromatic heterocycles. The molecule has 1 aliphatic carbocycles. The fraction of sp³-hybridized carbons (Fsp3) is 0.378. The first-order valence-corrected chi connectivity index (χ1v) is 29.6. The predicted molar refractivity (Wildman–Crippen MR) is 329 cm³/mol. The second-order valence-electron chi connectivity index (χ2n) is 24.7. The molecule has 2 nitrogen and oxygen atoms in total. The molecule has 2 heterocycles. The molecule has 2 heteroatoms. The van der Waals surface area contributed by atoms with Crippen molar-refractivity contribution in [3.05, 3.63) is 214 Å². The highest BCUT2D eigenvalue weighted by molar-refractivity contribution is 5.94. The number of unbranched alkanes of at least 4 members (excludes halogenated alkanes) is 9. The van der Waals surface area contributed by atoms with Gasteiger partial charge in [0.25, 0.3) is 0 Å². The molecule has 1 unspecified atom stereocenters. The van der Waals surface area contributed by atoms with E-state index in [0.717, 1.165) is 19.3 Å². The van der Waals surface area contributed by atoms with Crippen molar-refractivity contribution in [1.29, 1.82) is 0 Å². The lowest BCUT2D eigenvalue weighted by molar-refractivity contribution is 0.574. The second-order valence-corrected chi connectivity index (χ2v) is 24.7. The first kappa shape index (κ1) is 53.0. The van der Waals surface area contributed by atoms with E-state index >= 15 is 0 Å². The smallest absolute Gasteiger partial charge is 0.102 e. The number of aryl methyl sites for hydroxylation is 4. The molecule has 0 spiro atoms. The van der Waals surface area contributed by atoms with Crippen LogP contribution in [0.5, 0.6) is 0 Å². The van der Waals surface area contributed by atoms with Gasteiger partial charge in [-0.05, 0) is 172 Å². The van der Waals surface area contributed by atoms with Crippen LogP contribution in [0.2, 0.25) is 0 Å². The van der Waals surface area contributed by atoms with Crippen LogP contribution < -0.4 is 0 Å². The van der Waals surface area contributed by atoms with Crippen molar-refractivity contribution in [3.8, 4) is 33.6 Å². The molecule has 0 amide bonds. The zero-order valence-corrected chi connectivity index (χ0v) is 48.0. The van der Waals surface area contributed by atoms with E-state index in [1.807, 2.05) is 0 Å². The van der Waals surface area contributed by atoms with Crippen LogP contribution in [0.1, 0.15) is 195 Å². The van der Waals surface area contributed by atoms with E-state index in [4.69, 9.17) is 0 Å². The number of para-hydroxylation sites is 2. The fourth-order valence-corrected chi connectivity index (χ4v) is 12.9. The lowest BCUT2D eigenvalue weighted by Crippen LogP contribution is -2.34. The zero-order chi connectivity index (χ0) is 53.2. The third kappa shape index (κ3) is 10.2. The summed E-state index contributed by atoms with van der Waals surface area (Å²) in [5, 5.41) is 2.49. The Kier molecular flexibility index (Phi) is 15.6. The van der Waals surface area contributed by atoms with Gasteiger partial charge in [0.15, 0.2) is 0 Å². The minimum absolute atomic E-state index is 0.0420. The van der Waals surface area contributed by atoms with E-state index in [2.05, 4.69) is 236 Å². The van der Waals surface area contributed by atoms with Gasteiger partial charge in [0, 0.05) is 33.5 Å². The van der Waals surface area contributed by atoms with Crippen molar-refractivity contribution >= 4 is 21.8 Å². The Labute approximate surface area is 457 Å². The quantitative estimate of drug-likeness (QED) is 0.0674. The van der Waals surface area contributed by atoms with E-state index in [-0.39, 0.29) is 10.8 Å². The molecule has 76 heavy (non-hydrogen) atoms. The van der Waals surface area contributed by atoms with Crippen molar-refractivity contribution in [2.75, 3.05) is 0 Å². The van der Waals surface area contributed by atoms with Gasteiger partial charge in [0.2, 0.25) is 0 Å². The molecule has 0 aliphatic heterocycles. The van der Waals surface area contributed by atoms with Gasteiger partial charge in [0.05, 0.1) is 11.0 Å². The summed E-state index contributed by atoms with van der Waals surface area (Å²) >= 11 is 0. The van der Waals surface area contributed by atoms with E-state index in [1.54, 1.807) is 0 Å². The van der Waals surface area contributed by atoms with Crippen LogP contribution in [0, 0.1) is 6.92 Å². The number of nitrogens with zero attached hydrogens (tertiary/aromatic N) is 2. The van der Waals surface area contributed by atoms with Crippen LogP contribution in [0.4, 0.5) is 0 Å². The Balaban J connectivity index is 1.34. The van der Waals surface area contributed by atoms with Crippen molar-refractivity contribution in [3.63, 3.8) is 0 Å². The Bertz CT molecular complexity index is 3450. The topological polar surface area (TPSA) is 9.86 Å². The van der Waals surface area contributed by atoms with Gasteiger partial charge < -0.3 is 9.13 Å². The van der Waals surface area contributed by atoms with Crippen LogP contribution in [0.15, 0.2) is 158 Å². The molecule has 392 valence electrons. The number of hydrogen-bond acceptors (Lipinski definition) is 0. The molecular weight excluding hydrogens is 917 g/mol. The second kappa shape index (κ2) is 22.3. The van der Waals surface area contributed by atoms with Crippen LogP contribution in [0.25, 0.3) is 55.4 Å². The summed E-state index contributed by atoms with van der Waals surface area (Å²) in [6, 6.07) is 62.8. The normalized spacial score (nSPS) is 14.5. The minimum atomic E-state index is -0.778.